The number of amides is 2. The van der Waals surface area contributed by atoms with Gasteiger partial charge in [0.25, 0.3) is 5.91 Å². The van der Waals surface area contributed by atoms with Crippen molar-refractivity contribution in [3.8, 4) is 16.9 Å². The van der Waals surface area contributed by atoms with Crippen molar-refractivity contribution in [3.63, 3.8) is 0 Å². The Bertz CT molecular complexity index is 1220. The quantitative estimate of drug-likeness (QED) is 0.426. The zero-order valence-corrected chi connectivity index (χ0v) is 18.6. The van der Waals surface area contributed by atoms with Gasteiger partial charge in [0.05, 0.1) is 7.11 Å². The Morgan fingerprint density at radius 2 is 1.71 bits per heavy atom. The fourth-order valence-corrected chi connectivity index (χ4v) is 3.19. The van der Waals surface area contributed by atoms with Gasteiger partial charge < -0.3 is 25.2 Å². The fourth-order valence-electron chi connectivity index (χ4n) is 3.19. The van der Waals surface area contributed by atoms with E-state index in [1.54, 1.807) is 30.3 Å². The molecule has 3 rings (SSSR count). The molecule has 0 fully saturated rings. The lowest BCUT2D eigenvalue weighted by molar-refractivity contribution is -0.139. The highest BCUT2D eigenvalue weighted by molar-refractivity contribution is 5.96. The smallest absolute Gasteiger partial charge is 0.408 e. The van der Waals surface area contributed by atoms with Crippen LogP contribution in [-0.4, -0.2) is 42.8 Å². The SMILES string of the molecule is COc1ccc(F)cc1-c1cc(F)cc(C(=O)NC[C@@H](NC(=O)OCc2ccccc2)C(=O)O)c1. The molecule has 0 spiro atoms. The van der Waals surface area contributed by atoms with E-state index in [0.717, 1.165) is 18.2 Å². The number of rotatable bonds is 9. The van der Waals surface area contributed by atoms with E-state index in [2.05, 4.69) is 10.6 Å². The molecule has 2 amide bonds. The normalized spacial score (nSPS) is 11.3. The molecular formula is C25H22F2N2O6. The summed E-state index contributed by atoms with van der Waals surface area (Å²) in [6.45, 7) is -0.565. The van der Waals surface area contributed by atoms with Crippen molar-refractivity contribution in [1.29, 1.82) is 0 Å². The van der Waals surface area contributed by atoms with Crippen LogP contribution in [0.3, 0.4) is 0 Å². The number of halogens is 2. The lowest BCUT2D eigenvalue weighted by Gasteiger charge is -2.16. The Hall–Kier alpha value is -4.47. The minimum atomic E-state index is -1.50. The number of carbonyl (C=O) groups is 3. The molecular weight excluding hydrogens is 462 g/mol. The number of nitrogens with one attached hydrogen (secondary N) is 2. The maximum Gasteiger partial charge on any atom is 0.408 e. The number of carboxylic acid groups (broad SMARTS) is 1. The predicted molar refractivity (Wildman–Crippen MR) is 122 cm³/mol. The van der Waals surface area contributed by atoms with Crippen molar-refractivity contribution >= 4 is 18.0 Å². The third kappa shape index (κ3) is 7.00. The van der Waals surface area contributed by atoms with Crippen LogP contribution < -0.4 is 15.4 Å². The van der Waals surface area contributed by atoms with Crippen LogP contribution in [0.25, 0.3) is 11.1 Å². The van der Waals surface area contributed by atoms with E-state index in [9.17, 15) is 28.3 Å². The van der Waals surface area contributed by atoms with Crippen molar-refractivity contribution < 1.29 is 37.7 Å². The molecule has 35 heavy (non-hydrogen) atoms. The first kappa shape index (κ1) is 25.2. The van der Waals surface area contributed by atoms with E-state index >= 15 is 0 Å². The number of carbonyl (C=O) groups excluding carboxylic acids is 2. The zero-order chi connectivity index (χ0) is 25.4. The molecule has 0 saturated carbocycles. The minimum absolute atomic E-state index is 0.0685. The molecule has 0 aliphatic rings. The molecule has 0 radical (unpaired) electrons. The Kier molecular flexibility index (Phi) is 8.33. The molecule has 1 atom stereocenters. The van der Waals surface area contributed by atoms with Gasteiger partial charge in [-0.15, -0.1) is 0 Å². The maximum absolute atomic E-state index is 14.3. The van der Waals surface area contributed by atoms with Crippen molar-refractivity contribution in [2.45, 2.75) is 12.6 Å². The second-order valence-corrected chi connectivity index (χ2v) is 7.38. The fraction of sp³-hybridized carbons (Fsp3) is 0.160. The van der Waals surface area contributed by atoms with Crippen LogP contribution in [0.15, 0.2) is 66.7 Å². The monoisotopic (exact) mass is 484 g/mol. The van der Waals surface area contributed by atoms with Gasteiger partial charge in [-0.2, -0.15) is 0 Å². The summed E-state index contributed by atoms with van der Waals surface area (Å²) < 4.78 is 38.2. The van der Waals surface area contributed by atoms with E-state index in [1.807, 2.05) is 0 Å². The first-order chi connectivity index (χ1) is 16.8. The second-order valence-electron chi connectivity index (χ2n) is 7.38. The number of aliphatic carboxylic acids is 1. The highest BCUT2D eigenvalue weighted by Crippen LogP contribution is 2.31. The molecule has 0 unspecified atom stereocenters. The molecule has 10 heteroatoms. The van der Waals surface area contributed by atoms with Gasteiger partial charge in [0.1, 0.15) is 30.0 Å². The highest BCUT2D eigenvalue weighted by atomic mass is 19.1. The van der Waals surface area contributed by atoms with E-state index in [4.69, 9.17) is 9.47 Å². The van der Waals surface area contributed by atoms with Gasteiger partial charge in [0.2, 0.25) is 0 Å². The Morgan fingerprint density at radius 3 is 2.40 bits per heavy atom. The van der Waals surface area contributed by atoms with Gasteiger partial charge in [0.15, 0.2) is 0 Å². The summed E-state index contributed by atoms with van der Waals surface area (Å²) in [4.78, 5) is 36.1. The minimum Gasteiger partial charge on any atom is -0.496 e. The molecule has 3 N–H and O–H groups in total. The van der Waals surface area contributed by atoms with E-state index in [1.165, 1.54) is 25.3 Å². The van der Waals surface area contributed by atoms with Gasteiger partial charge in [-0.05, 0) is 47.5 Å². The second kappa shape index (κ2) is 11.6. The number of hydrogen-bond acceptors (Lipinski definition) is 5. The number of benzene rings is 3. The van der Waals surface area contributed by atoms with Gasteiger partial charge in [-0.25, -0.2) is 18.4 Å². The van der Waals surface area contributed by atoms with Crippen molar-refractivity contribution in [2.24, 2.45) is 0 Å². The zero-order valence-electron chi connectivity index (χ0n) is 18.6. The summed E-state index contributed by atoms with van der Waals surface area (Å²) in [5.74, 6) is -3.28. The number of hydrogen-bond donors (Lipinski definition) is 3. The Labute approximate surface area is 199 Å². The molecule has 0 aromatic heterocycles. The predicted octanol–water partition coefficient (Wildman–Crippen LogP) is 3.75. The average Bonchev–Trinajstić information content (AvgIpc) is 2.85. The summed E-state index contributed by atoms with van der Waals surface area (Å²) >= 11 is 0. The topological polar surface area (TPSA) is 114 Å². The summed E-state index contributed by atoms with van der Waals surface area (Å²) in [6, 6.07) is 14.3. The van der Waals surface area contributed by atoms with Crippen molar-refractivity contribution in [1.82, 2.24) is 10.6 Å². The maximum atomic E-state index is 14.3. The summed E-state index contributed by atoms with van der Waals surface area (Å²) in [7, 11) is 1.37. The van der Waals surface area contributed by atoms with Crippen LogP contribution in [0.4, 0.5) is 13.6 Å². The Morgan fingerprint density at radius 1 is 0.971 bits per heavy atom. The van der Waals surface area contributed by atoms with Crippen LogP contribution in [0.5, 0.6) is 5.75 Å². The average molecular weight is 484 g/mol. The summed E-state index contributed by atoms with van der Waals surface area (Å²) in [6.07, 6.45) is -0.984. The highest BCUT2D eigenvalue weighted by Gasteiger charge is 2.22. The lowest BCUT2D eigenvalue weighted by Crippen LogP contribution is -2.48. The third-order valence-electron chi connectivity index (χ3n) is 4.90. The molecule has 8 nitrogen and oxygen atoms in total. The first-order valence-corrected chi connectivity index (χ1v) is 10.4. The van der Waals surface area contributed by atoms with Gasteiger partial charge >= 0.3 is 12.1 Å². The number of methoxy groups -OCH3 is 1. The lowest BCUT2D eigenvalue weighted by atomic mass is 10.0. The molecule has 0 heterocycles. The van der Waals surface area contributed by atoms with Gasteiger partial charge in [-0.3, -0.25) is 4.79 Å². The van der Waals surface area contributed by atoms with Crippen LogP contribution in [0.1, 0.15) is 15.9 Å². The molecule has 0 saturated heterocycles. The molecule has 3 aromatic rings. The van der Waals surface area contributed by atoms with E-state index in [0.29, 0.717) is 5.56 Å². The summed E-state index contributed by atoms with van der Waals surface area (Å²) in [5, 5.41) is 13.9. The van der Waals surface area contributed by atoms with Crippen LogP contribution in [0.2, 0.25) is 0 Å². The molecule has 0 bridgehead atoms. The standard InChI is InChI=1S/C25H22F2N2O6/c1-34-22-8-7-18(26)12-20(22)16-9-17(11-19(27)10-16)23(30)28-13-21(24(31)32)29-25(33)35-14-15-5-3-2-4-6-15/h2-12,21H,13-14H2,1H3,(H,28,30)(H,29,33)(H,31,32)/t21-/m1/s1. The van der Waals surface area contributed by atoms with E-state index < -0.39 is 42.2 Å². The van der Waals surface area contributed by atoms with Gasteiger partial charge in [-0.1, -0.05) is 30.3 Å². The first-order valence-electron chi connectivity index (χ1n) is 10.4. The van der Waals surface area contributed by atoms with Gasteiger partial charge in [0, 0.05) is 17.7 Å². The molecule has 182 valence electrons. The van der Waals surface area contributed by atoms with E-state index in [-0.39, 0.29) is 29.0 Å². The largest absolute Gasteiger partial charge is 0.496 e. The number of carboxylic acids is 1. The third-order valence-corrected chi connectivity index (χ3v) is 4.90. The van der Waals surface area contributed by atoms with Crippen LogP contribution in [0, 0.1) is 11.6 Å². The molecule has 0 aliphatic carbocycles. The van der Waals surface area contributed by atoms with Crippen molar-refractivity contribution in [2.75, 3.05) is 13.7 Å². The molecule has 3 aromatic carbocycles. The molecule has 0 aliphatic heterocycles. The number of alkyl carbamates (subject to hydrolysis) is 1. The van der Waals surface area contributed by atoms with Crippen molar-refractivity contribution in [3.05, 3.63) is 89.5 Å². The Balaban J connectivity index is 1.66. The van der Waals surface area contributed by atoms with Crippen LogP contribution >= 0.6 is 0 Å². The number of ether oxygens (including phenoxy) is 2. The van der Waals surface area contributed by atoms with Crippen LogP contribution in [-0.2, 0) is 16.1 Å². The summed E-state index contributed by atoms with van der Waals surface area (Å²) in [5.41, 5.74) is 0.984.